The first kappa shape index (κ1) is 18.5. The van der Waals surface area contributed by atoms with E-state index >= 15 is 0 Å². The lowest BCUT2D eigenvalue weighted by Gasteiger charge is -2.00. The van der Waals surface area contributed by atoms with E-state index in [1.807, 2.05) is 24.3 Å². The third-order valence-corrected chi connectivity index (χ3v) is 4.18. The molecular weight excluding hydrogens is 414 g/mol. The third kappa shape index (κ3) is 5.11. The van der Waals surface area contributed by atoms with Crippen LogP contribution in [0.1, 0.15) is 11.3 Å². The van der Waals surface area contributed by atoms with Gasteiger partial charge in [-0.2, -0.15) is 5.10 Å². The van der Waals surface area contributed by atoms with Gasteiger partial charge in [0.05, 0.1) is 17.6 Å². The van der Waals surface area contributed by atoms with Crippen molar-refractivity contribution in [2.24, 2.45) is 5.10 Å². The molecule has 8 heteroatoms. The maximum Gasteiger partial charge on any atom is 0.269 e. The van der Waals surface area contributed by atoms with Crippen molar-refractivity contribution < 1.29 is 14.1 Å². The van der Waals surface area contributed by atoms with Crippen LogP contribution in [-0.2, 0) is 11.2 Å². The highest BCUT2D eigenvalue weighted by atomic mass is 79.9. The van der Waals surface area contributed by atoms with Crippen molar-refractivity contribution in [3.8, 4) is 11.3 Å². The van der Waals surface area contributed by atoms with Gasteiger partial charge < -0.3 is 4.42 Å². The molecule has 0 aliphatic carbocycles. The molecule has 2 aromatic carbocycles. The smallest absolute Gasteiger partial charge is 0.269 e. The highest BCUT2D eigenvalue weighted by Crippen LogP contribution is 2.24. The summed E-state index contributed by atoms with van der Waals surface area (Å²) in [7, 11) is 0. The molecule has 1 aromatic heterocycles. The average Bonchev–Trinajstić information content (AvgIpc) is 3.12. The Kier molecular flexibility index (Phi) is 5.77. The number of hydrogen-bond donors (Lipinski definition) is 1. The maximum atomic E-state index is 11.9. The van der Waals surface area contributed by atoms with Crippen molar-refractivity contribution in [1.29, 1.82) is 0 Å². The molecule has 3 aromatic rings. The molecule has 7 nitrogen and oxygen atoms in total. The van der Waals surface area contributed by atoms with Gasteiger partial charge in [0.1, 0.15) is 11.5 Å². The van der Waals surface area contributed by atoms with Crippen molar-refractivity contribution in [1.82, 2.24) is 5.43 Å². The summed E-state index contributed by atoms with van der Waals surface area (Å²) < 4.78 is 6.56. The van der Waals surface area contributed by atoms with Gasteiger partial charge in [0.25, 0.3) is 5.69 Å². The molecular formula is C19H14BrN3O4. The Morgan fingerprint density at radius 2 is 1.81 bits per heavy atom. The number of hydrogen-bond acceptors (Lipinski definition) is 5. The van der Waals surface area contributed by atoms with Crippen LogP contribution < -0.4 is 5.43 Å². The fourth-order valence-electron chi connectivity index (χ4n) is 2.32. The number of nitrogens with one attached hydrogen (secondary N) is 1. The Balaban J connectivity index is 1.57. The number of halogens is 1. The number of rotatable bonds is 6. The highest BCUT2D eigenvalue weighted by Gasteiger charge is 2.08. The van der Waals surface area contributed by atoms with Gasteiger partial charge in [0.15, 0.2) is 0 Å². The molecule has 27 heavy (non-hydrogen) atoms. The summed E-state index contributed by atoms with van der Waals surface area (Å²) >= 11 is 3.34. The zero-order valence-corrected chi connectivity index (χ0v) is 15.5. The average molecular weight is 428 g/mol. The van der Waals surface area contributed by atoms with Crippen LogP contribution in [0.25, 0.3) is 11.3 Å². The van der Waals surface area contributed by atoms with Crippen molar-refractivity contribution in [3.63, 3.8) is 0 Å². The van der Waals surface area contributed by atoms with E-state index in [-0.39, 0.29) is 18.0 Å². The zero-order valence-electron chi connectivity index (χ0n) is 14.0. The lowest BCUT2D eigenvalue weighted by molar-refractivity contribution is -0.384. The Labute approximate surface area is 163 Å². The molecule has 3 rings (SSSR count). The first-order valence-electron chi connectivity index (χ1n) is 7.92. The summed E-state index contributed by atoms with van der Waals surface area (Å²) in [6.45, 7) is 0. The SMILES string of the molecule is O=C(Cc1ccc(Br)cc1)N/N=C\c1ccc(-c2ccc([N+](=O)[O-])cc2)o1. The predicted octanol–water partition coefficient (Wildman–Crippen LogP) is 4.31. The van der Waals surface area contributed by atoms with Crippen molar-refractivity contribution in [2.45, 2.75) is 6.42 Å². The first-order chi connectivity index (χ1) is 13.0. The van der Waals surface area contributed by atoms with E-state index in [0.29, 0.717) is 17.1 Å². The van der Waals surface area contributed by atoms with E-state index in [9.17, 15) is 14.9 Å². The predicted molar refractivity (Wildman–Crippen MR) is 104 cm³/mol. The van der Waals surface area contributed by atoms with Crippen LogP contribution in [0, 0.1) is 10.1 Å². The Hall–Kier alpha value is -3.26. The lowest BCUT2D eigenvalue weighted by atomic mass is 10.1. The third-order valence-electron chi connectivity index (χ3n) is 3.65. The molecule has 0 bridgehead atoms. The van der Waals surface area contributed by atoms with Gasteiger partial charge in [-0.25, -0.2) is 5.43 Å². The Morgan fingerprint density at radius 1 is 1.11 bits per heavy atom. The monoisotopic (exact) mass is 427 g/mol. The fraction of sp³-hybridized carbons (Fsp3) is 0.0526. The molecule has 0 radical (unpaired) electrons. The van der Waals surface area contributed by atoms with Crippen LogP contribution in [0.5, 0.6) is 0 Å². The van der Waals surface area contributed by atoms with Crippen molar-refractivity contribution in [3.05, 3.63) is 86.6 Å². The summed E-state index contributed by atoms with van der Waals surface area (Å²) in [5, 5.41) is 14.6. The van der Waals surface area contributed by atoms with Gasteiger partial charge in [0.2, 0.25) is 5.91 Å². The van der Waals surface area contributed by atoms with Crippen LogP contribution in [0.3, 0.4) is 0 Å². The lowest BCUT2D eigenvalue weighted by Crippen LogP contribution is -2.19. The van der Waals surface area contributed by atoms with Gasteiger partial charge in [-0.15, -0.1) is 0 Å². The number of carbonyl (C=O) groups excluding carboxylic acids is 1. The number of amides is 1. The molecule has 1 heterocycles. The van der Waals surface area contributed by atoms with E-state index < -0.39 is 4.92 Å². The summed E-state index contributed by atoms with van der Waals surface area (Å²) in [6, 6.07) is 16.9. The normalized spacial score (nSPS) is 10.9. The molecule has 0 atom stereocenters. The molecule has 0 aliphatic heterocycles. The quantitative estimate of drug-likeness (QED) is 0.359. The minimum absolute atomic E-state index is 0.0144. The number of furan rings is 1. The zero-order chi connectivity index (χ0) is 19.2. The number of carbonyl (C=O) groups is 1. The topological polar surface area (TPSA) is 97.7 Å². The van der Waals surface area contributed by atoms with Crippen LogP contribution in [0.4, 0.5) is 5.69 Å². The Bertz CT molecular complexity index is 979. The van der Waals surface area contributed by atoms with Gasteiger partial charge in [-0.05, 0) is 42.0 Å². The standard InChI is InChI=1S/C19H14BrN3O4/c20-15-5-1-13(2-6-15)11-19(24)22-21-12-17-9-10-18(27-17)14-3-7-16(8-4-14)23(25)26/h1-10,12H,11H2,(H,22,24)/b21-12-. The number of benzene rings is 2. The van der Waals surface area contributed by atoms with E-state index in [4.69, 9.17) is 4.42 Å². The van der Waals surface area contributed by atoms with Crippen LogP contribution in [0.2, 0.25) is 0 Å². The van der Waals surface area contributed by atoms with E-state index in [2.05, 4.69) is 26.5 Å². The molecule has 0 spiro atoms. The second kappa shape index (κ2) is 8.41. The summed E-state index contributed by atoms with van der Waals surface area (Å²) in [6.07, 6.45) is 1.62. The van der Waals surface area contributed by atoms with Gasteiger partial charge >= 0.3 is 0 Å². The van der Waals surface area contributed by atoms with Gasteiger partial charge in [0, 0.05) is 22.2 Å². The second-order valence-corrected chi connectivity index (χ2v) is 6.52. The molecule has 0 aliphatic rings. The molecule has 136 valence electrons. The molecule has 0 saturated heterocycles. The fourth-order valence-corrected chi connectivity index (χ4v) is 2.58. The number of hydrazone groups is 1. The molecule has 1 N–H and O–H groups in total. The van der Waals surface area contributed by atoms with Gasteiger partial charge in [-0.3, -0.25) is 14.9 Å². The molecule has 0 saturated carbocycles. The van der Waals surface area contributed by atoms with E-state index in [0.717, 1.165) is 10.0 Å². The minimum Gasteiger partial charge on any atom is -0.455 e. The van der Waals surface area contributed by atoms with Crippen molar-refractivity contribution >= 4 is 33.7 Å². The van der Waals surface area contributed by atoms with Crippen molar-refractivity contribution in [2.75, 3.05) is 0 Å². The number of non-ortho nitro benzene ring substituents is 1. The molecule has 0 fully saturated rings. The first-order valence-corrected chi connectivity index (χ1v) is 8.71. The number of nitro benzene ring substituents is 1. The maximum absolute atomic E-state index is 11.9. The molecule has 1 amide bonds. The number of nitro groups is 1. The summed E-state index contributed by atoms with van der Waals surface area (Å²) in [5.41, 5.74) is 4.05. The second-order valence-electron chi connectivity index (χ2n) is 5.60. The van der Waals surface area contributed by atoms with Gasteiger partial charge in [-0.1, -0.05) is 28.1 Å². The van der Waals surface area contributed by atoms with Crippen LogP contribution in [0.15, 0.2) is 74.7 Å². The Morgan fingerprint density at radius 3 is 2.48 bits per heavy atom. The minimum atomic E-state index is -0.457. The molecule has 0 unspecified atom stereocenters. The van der Waals surface area contributed by atoms with Crippen LogP contribution >= 0.6 is 15.9 Å². The number of nitrogens with zero attached hydrogens (tertiary/aromatic N) is 2. The van der Waals surface area contributed by atoms with E-state index in [1.165, 1.54) is 18.3 Å². The summed E-state index contributed by atoms with van der Waals surface area (Å²) in [5.74, 6) is 0.760. The largest absolute Gasteiger partial charge is 0.455 e. The van der Waals surface area contributed by atoms with E-state index in [1.54, 1.807) is 24.3 Å². The highest BCUT2D eigenvalue weighted by molar-refractivity contribution is 9.10. The summed E-state index contributed by atoms with van der Waals surface area (Å²) in [4.78, 5) is 22.1. The van der Waals surface area contributed by atoms with Crippen LogP contribution in [-0.4, -0.2) is 17.0 Å².